The van der Waals surface area contributed by atoms with Gasteiger partial charge in [-0.25, -0.2) is 0 Å². The second kappa shape index (κ2) is 7.25. The molecule has 0 radical (unpaired) electrons. The molecular weight excluding hydrogens is 316 g/mol. The molecule has 1 fully saturated rings. The van der Waals surface area contributed by atoms with Crippen molar-refractivity contribution in [2.75, 3.05) is 18.0 Å². The van der Waals surface area contributed by atoms with Gasteiger partial charge in [0.05, 0.1) is 11.3 Å². The fourth-order valence-electron chi connectivity index (χ4n) is 2.78. The molecule has 5 nitrogen and oxygen atoms in total. The van der Waals surface area contributed by atoms with Gasteiger partial charge in [0, 0.05) is 31.5 Å². The van der Waals surface area contributed by atoms with E-state index < -0.39 is 6.61 Å². The molecule has 1 aromatic carbocycles. The van der Waals surface area contributed by atoms with Crippen LogP contribution in [0.5, 0.6) is 5.75 Å². The van der Waals surface area contributed by atoms with Gasteiger partial charge >= 0.3 is 6.61 Å². The van der Waals surface area contributed by atoms with Crippen LogP contribution in [0.15, 0.2) is 48.8 Å². The van der Waals surface area contributed by atoms with Crippen molar-refractivity contribution in [1.29, 1.82) is 0 Å². The quantitative estimate of drug-likeness (QED) is 0.914. The van der Waals surface area contributed by atoms with Crippen molar-refractivity contribution in [1.82, 2.24) is 10.3 Å². The summed E-state index contributed by atoms with van der Waals surface area (Å²) in [7, 11) is 0. The Morgan fingerprint density at radius 3 is 2.88 bits per heavy atom. The lowest BCUT2D eigenvalue weighted by molar-refractivity contribution is -0.0495. The Balaban J connectivity index is 1.65. The first-order chi connectivity index (χ1) is 11.6. The third-order valence-corrected chi connectivity index (χ3v) is 3.87. The molecule has 1 amide bonds. The average molecular weight is 333 g/mol. The lowest BCUT2D eigenvalue weighted by atomic mass is 10.2. The van der Waals surface area contributed by atoms with E-state index in [0.717, 1.165) is 6.42 Å². The molecule has 3 rings (SSSR count). The fraction of sp³-hybridized carbons (Fsp3) is 0.294. The number of anilines is 1. The molecule has 1 unspecified atom stereocenters. The van der Waals surface area contributed by atoms with Crippen LogP contribution in [0.25, 0.3) is 0 Å². The summed E-state index contributed by atoms with van der Waals surface area (Å²) in [6, 6.07) is 10.0. The van der Waals surface area contributed by atoms with Gasteiger partial charge in [-0.15, -0.1) is 0 Å². The van der Waals surface area contributed by atoms with Gasteiger partial charge in [0.25, 0.3) is 5.91 Å². The third-order valence-electron chi connectivity index (χ3n) is 3.87. The van der Waals surface area contributed by atoms with E-state index in [-0.39, 0.29) is 17.7 Å². The molecule has 1 N–H and O–H groups in total. The standard InChI is InChI=1S/C17H17F2N3O2/c18-17(19)24-15-6-2-1-5-14(15)22-9-7-13(11-22)21-16(23)12-4-3-8-20-10-12/h1-6,8,10,13,17H,7,9,11H2,(H,21,23). The van der Waals surface area contributed by atoms with E-state index in [4.69, 9.17) is 0 Å². The number of aromatic nitrogens is 1. The summed E-state index contributed by atoms with van der Waals surface area (Å²) >= 11 is 0. The average Bonchev–Trinajstić information content (AvgIpc) is 3.04. The molecule has 1 saturated heterocycles. The molecule has 0 aliphatic carbocycles. The van der Waals surface area contributed by atoms with Gasteiger partial charge in [-0.2, -0.15) is 8.78 Å². The van der Waals surface area contributed by atoms with Crippen LogP contribution in [0, 0.1) is 0 Å². The van der Waals surface area contributed by atoms with Crippen LogP contribution in [0.2, 0.25) is 0 Å². The lowest BCUT2D eigenvalue weighted by Crippen LogP contribution is -2.37. The predicted molar refractivity (Wildman–Crippen MR) is 85.4 cm³/mol. The number of rotatable bonds is 5. The van der Waals surface area contributed by atoms with Crippen molar-refractivity contribution in [3.05, 3.63) is 54.4 Å². The maximum Gasteiger partial charge on any atom is 0.387 e. The monoisotopic (exact) mass is 333 g/mol. The molecule has 7 heteroatoms. The molecular formula is C17H17F2N3O2. The van der Waals surface area contributed by atoms with Crippen LogP contribution >= 0.6 is 0 Å². The second-order valence-corrected chi connectivity index (χ2v) is 5.49. The highest BCUT2D eigenvalue weighted by molar-refractivity contribution is 5.94. The van der Waals surface area contributed by atoms with Crippen molar-refractivity contribution in [2.45, 2.75) is 19.1 Å². The Bertz CT molecular complexity index is 697. The van der Waals surface area contributed by atoms with E-state index in [2.05, 4.69) is 15.0 Å². The van der Waals surface area contributed by atoms with E-state index in [1.165, 1.54) is 12.3 Å². The molecule has 1 aliphatic rings. The van der Waals surface area contributed by atoms with E-state index in [1.807, 2.05) is 4.90 Å². The maximum atomic E-state index is 12.5. The van der Waals surface area contributed by atoms with Gasteiger partial charge in [-0.05, 0) is 30.7 Å². The lowest BCUT2D eigenvalue weighted by Gasteiger charge is -2.22. The Kier molecular flexibility index (Phi) is 4.88. The molecule has 1 aromatic heterocycles. The number of ether oxygens (including phenoxy) is 1. The number of halogens is 2. The van der Waals surface area contributed by atoms with Crippen molar-refractivity contribution in [2.24, 2.45) is 0 Å². The van der Waals surface area contributed by atoms with Crippen LogP contribution in [-0.4, -0.2) is 36.6 Å². The van der Waals surface area contributed by atoms with Crippen LogP contribution < -0.4 is 15.0 Å². The van der Waals surface area contributed by atoms with Crippen molar-refractivity contribution in [3.8, 4) is 5.75 Å². The number of benzene rings is 1. The van der Waals surface area contributed by atoms with E-state index in [1.54, 1.807) is 36.5 Å². The first-order valence-corrected chi connectivity index (χ1v) is 7.63. The van der Waals surface area contributed by atoms with Gasteiger partial charge in [0.1, 0.15) is 5.75 Å². The van der Waals surface area contributed by atoms with Crippen molar-refractivity contribution < 1.29 is 18.3 Å². The highest BCUT2D eigenvalue weighted by Gasteiger charge is 2.26. The number of carbonyl (C=O) groups is 1. The number of amides is 1. The Labute approximate surface area is 138 Å². The third kappa shape index (κ3) is 3.79. The number of nitrogens with zero attached hydrogens (tertiary/aromatic N) is 2. The molecule has 0 saturated carbocycles. The van der Waals surface area contributed by atoms with Crippen LogP contribution in [0.4, 0.5) is 14.5 Å². The summed E-state index contributed by atoms with van der Waals surface area (Å²) in [6.45, 7) is -1.67. The normalized spacial score (nSPS) is 17.1. The number of pyridine rings is 1. The number of para-hydroxylation sites is 2. The zero-order valence-electron chi connectivity index (χ0n) is 12.9. The van der Waals surface area contributed by atoms with E-state index in [9.17, 15) is 13.6 Å². The van der Waals surface area contributed by atoms with Gasteiger partial charge < -0.3 is 15.0 Å². The Morgan fingerprint density at radius 1 is 1.29 bits per heavy atom. The van der Waals surface area contributed by atoms with Gasteiger partial charge in [0.2, 0.25) is 0 Å². The molecule has 1 atom stereocenters. The van der Waals surface area contributed by atoms with Crippen molar-refractivity contribution in [3.63, 3.8) is 0 Å². The molecule has 24 heavy (non-hydrogen) atoms. The Morgan fingerprint density at radius 2 is 2.12 bits per heavy atom. The zero-order valence-corrected chi connectivity index (χ0v) is 12.9. The van der Waals surface area contributed by atoms with Gasteiger partial charge in [0.15, 0.2) is 0 Å². The number of hydrogen-bond acceptors (Lipinski definition) is 4. The molecule has 1 aliphatic heterocycles. The second-order valence-electron chi connectivity index (χ2n) is 5.49. The molecule has 2 aromatic rings. The maximum absolute atomic E-state index is 12.5. The van der Waals surface area contributed by atoms with Crippen LogP contribution in [0.3, 0.4) is 0 Å². The topological polar surface area (TPSA) is 54.5 Å². The van der Waals surface area contributed by atoms with Gasteiger partial charge in [-0.3, -0.25) is 9.78 Å². The smallest absolute Gasteiger partial charge is 0.387 e. The number of alkyl halides is 2. The molecule has 0 bridgehead atoms. The summed E-state index contributed by atoms with van der Waals surface area (Å²) in [4.78, 5) is 18.0. The minimum atomic E-state index is -2.87. The Hall–Kier alpha value is -2.70. The molecule has 2 heterocycles. The van der Waals surface area contributed by atoms with Gasteiger partial charge in [-0.1, -0.05) is 12.1 Å². The summed E-state index contributed by atoms with van der Waals surface area (Å²) in [5.74, 6) is -0.0428. The molecule has 0 spiro atoms. The minimum absolute atomic E-state index is 0.0580. The van der Waals surface area contributed by atoms with E-state index >= 15 is 0 Å². The van der Waals surface area contributed by atoms with E-state index in [0.29, 0.717) is 24.3 Å². The highest BCUT2D eigenvalue weighted by Crippen LogP contribution is 2.31. The van der Waals surface area contributed by atoms with Crippen LogP contribution in [0.1, 0.15) is 16.8 Å². The summed E-state index contributed by atoms with van der Waals surface area (Å²) in [6.07, 6.45) is 3.84. The SMILES string of the molecule is O=C(NC1CCN(c2ccccc2OC(F)F)C1)c1cccnc1. The fourth-order valence-corrected chi connectivity index (χ4v) is 2.78. The summed E-state index contributed by atoms with van der Waals surface area (Å²) in [5, 5.41) is 2.95. The first-order valence-electron chi connectivity index (χ1n) is 7.63. The summed E-state index contributed by atoms with van der Waals surface area (Å²) in [5.41, 5.74) is 1.10. The minimum Gasteiger partial charge on any atom is -0.433 e. The largest absolute Gasteiger partial charge is 0.433 e. The summed E-state index contributed by atoms with van der Waals surface area (Å²) < 4.78 is 29.6. The number of carbonyl (C=O) groups excluding carboxylic acids is 1. The first kappa shape index (κ1) is 16.2. The zero-order chi connectivity index (χ0) is 16.9. The molecule has 126 valence electrons. The predicted octanol–water partition coefficient (Wildman–Crippen LogP) is 2.69. The number of hydrogen-bond donors (Lipinski definition) is 1. The highest BCUT2D eigenvalue weighted by atomic mass is 19.3. The van der Waals surface area contributed by atoms with Crippen LogP contribution in [-0.2, 0) is 0 Å². The number of nitrogens with one attached hydrogen (secondary N) is 1. The van der Waals surface area contributed by atoms with Crippen molar-refractivity contribution >= 4 is 11.6 Å².